The van der Waals surface area contributed by atoms with Gasteiger partial charge in [0.25, 0.3) is 0 Å². The summed E-state index contributed by atoms with van der Waals surface area (Å²) in [5.74, 6) is 0.565. The minimum Gasteiger partial charge on any atom is -0.507 e. The van der Waals surface area contributed by atoms with E-state index in [0.717, 1.165) is 64.1 Å². The Bertz CT molecular complexity index is 1670. The Labute approximate surface area is 220 Å². The van der Waals surface area contributed by atoms with Crippen LogP contribution in [0.4, 0.5) is 11.4 Å². The fourth-order valence-corrected chi connectivity index (χ4v) is 7.47. The summed E-state index contributed by atoms with van der Waals surface area (Å²) in [6.45, 7) is 1.83. The van der Waals surface area contributed by atoms with Crippen molar-refractivity contribution in [3.8, 4) is 32.6 Å². The highest BCUT2D eigenvalue weighted by Gasteiger charge is 2.34. The lowest BCUT2D eigenvalue weighted by molar-refractivity contribution is 0.458. The zero-order valence-electron chi connectivity index (χ0n) is 19.5. The van der Waals surface area contributed by atoms with Gasteiger partial charge in [-0.25, -0.2) is 9.97 Å². The maximum atomic E-state index is 11.4. The molecule has 0 atom stereocenters. The van der Waals surface area contributed by atoms with E-state index in [2.05, 4.69) is 34.1 Å². The second-order valence-electron chi connectivity index (χ2n) is 9.43. The van der Waals surface area contributed by atoms with Crippen molar-refractivity contribution >= 4 is 54.5 Å². The topological polar surface area (TPSA) is 72.7 Å². The Kier molecular flexibility index (Phi) is 4.36. The van der Waals surface area contributed by atoms with Crippen LogP contribution in [0, 0.1) is 0 Å². The number of hydrogen-bond donors (Lipinski definition) is 2. The van der Waals surface area contributed by atoms with E-state index in [-0.39, 0.29) is 11.5 Å². The molecule has 0 saturated heterocycles. The zero-order valence-corrected chi connectivity index (χ0v) is 21.2. The van der Waals surface area contributed by atoms with Gasteiger partial charge in [0, 0.05) is 22.5 Å². The van der Waals surface area contributed by atoms with Gasteiger partial charge in [-0.1, -0.05) is 24.3 Å². The molecule has 4 aromatic carbocycles. The third kappa shape index (κ3) is 3.09. The van der Waals surface area contributed by atoms with Crippen LogP contribution < -0.4 is 9.80 Å². The Morgan fingerprint density at radius 1 is 0.595 bits per heavy atom. The molecular formula is C29H20N4O2S2. The summed E-state index contributed by atoms with van der Waals surface area (Å²) in [6.07, 6.45) is 0. The van der Waals surface area contributed by atoms with Crippen LogP contribution in [0.5, 0.6) is 11.5 Å². The molecular weight excluding hydrogens is 500 g/mol. The number of phenols is 2. The first-order chi connectivity index (χ1) is 18.1. The summed E-state index contributed by atoms with van der Waals surface area (Å²) >= 11 is 3.18. The van der Waals surface area contributed by atoms with Gasteiger partial charge in [-0.05, 0) is 48.5 Å². The van der Waals surface area contributed by atoms with E-state index in [1.54, 1.807) is 22.7 Å². The van der Waals surface area contributed by atoms with Crippen molar-refractivity contribution in [1.29, 1.82) is 0 Å². The van der Waals surface area contributed by atoms with Crippen molar-refractivity contribution in [3.63, 3.8) is 0 Å². The second kappa shape index (κ2) is 7.68. The third-order valence-corrected chi connectivity index (χ3v) is 9.42. The van der Waals surface area contributed by atoms with Crippen LogP contribution in [-0.2, 0) is 13.1 Å². The van der Waals surface area contributed by atoms with E-state index in [9.17, 15) is 10.2 Å². The minimum atomic E-state index is 0.282. The van der Waals surface area contributed by atoms with Gasteiger partial charge in [-0.2, -0.15) is 0 Å². The molecule has 180 valence electrons. The monoisotopic (exact) mass is 520 g/mol. The Morgan fingerprint density at radius 3 is 1.51 bits per heavy atom. The molecule has 0 saturated carbocycles. The molecule has 0 spiro atoms. The smallest absolute Gasteiger partial charge is 0.132 e. The Morgan fingerprint density at radius 2 is 1.05 bits per heavy atom. The standard InChI is InChI=1S/C29H20N4O2S2/c34-26-16(28-30-20-5-1-3-7-24(20)36-28)9-11-22-18(26)13-32-15-33(22)14-19-23(32)12-10-17(27(19)35)29-31-21-6-2-4-8-25(21)37-29/h1-12,34-35H,13-15H2. The number of para-hydroxylation sites is 2. The molecule has 2 aliphatic rings. The minimum absolute atomic E-state index is 0.282. The number of nitrogens with zero attached hydrogens (tertiary/aromatic N) is 4. The zero-order chi connectivity index (χ0) is 24.7. The van der Waals surface area contributed by atoms with E-state index in [0.29, 0.717) is 19.8 Å². The van der Waals surface area contributed by atoms with Gasteiger partial charge in [0.2, 0.25) is 0 Å². The fraction of sp³-hybridized carbons (Fsp3) is 0.103. The highest BCUT2D eigenvalue weighted by atomic mass is 32.1. The molecule has 6 nitrogen and oxygen atoms in total. The molecule has 8 heteroatoms. The van der Waals surface area contributed by atoms with Crippen LogP contribution >= 0.6 is 22.7 Å². The summed E-state index contributed by atoms with van der Waals surface area (Å²) in [5, 5.41) is 24.4. The number of fused-ring (bicyclic) bond motifs is 8. The first-order valence-corrected chi connectivity index (χ1v) is 13.7. The summed E-state index contributed by atoms with van der Waals surface area (Å²) in [5.41, 5.74) is 7.18. The molecule has 0 unspecified atom stereocenters. The lowest BCUT2D eigenvalue weighted by Gasteiger charge is -2.45. The average Bonchev–Trinajstić information content (AvgIpc) is 3.54. The SMILES string of the molecule is Oc1c(-c2nc3ccccc3s2)ccc2c1CN1CN2Cc2c1ccc(-c1nc3ccccc3s1)c2O. The first-order valence-electron chi connectivity index (χ1n) is 12.1. The van der Waals surface area contributed by atoms with Crippen LogP contribution in [0.15, 0.2) is 72.8 Å². The van der Waals surface area contributed by atoms with Gasteiger partial charge in [-0.15, -0.1) is 22.7 Å². The predicted molar refractivity (Wildman–Crippen MR) is 151 cm³/mol. The van der Waals surface area contributed by atoms with Gasteiger partial charge in [0.15, 0.2) is 0 Å². The summed E-state index contributed by atoms with van der Waals surface area (Å²) in [7, 11) is 0. The molecule has 2 N–H and O–H groups in total. The van der Waals surface area contributed by atoms with Crippen molar-refractivity contribution in [2.24, 2.45) is 0 Å². The number of phenolic OH excluding ortho intramolecular Hbond substituents is 2. The van der Waals surface area contributed by atoms with E-state index in [1.807, 2.05) is 48.5 Å². The van der Waals surface area contributed by atoms with Crippen LogP contribution in [0.2, 0.25) is 0 Å². The predicted octanol–water partition coefficient (Wildman–Crippen LogP) is 6.95. The Hall–Kier alpha value is -4.14. The van der Waals surface area contributed by atoms with E-state index < -0.39 is 0 Å². The van der Waals surface area contributed by atoms with Gasteiger partial charge < -0.3 is 20.0 Å². The lowest BCUT2D eigenvalue weighted by atomic mass is 9.97. The second-order valence-corrected chi connectivity index (χ2v) is 11.5. The van der Waals surface area contributed by atoms with E-state index in [4.69, 9.17) is 9.97 Å². The van der Waals surface area contributed by atoms with E-state index in [1.165, 1.54) is 0 Å². The number of hydrogen-bond acceptors (Lipinski definition) is 8. The fourth-order valence-electron chi connectivity index (χ4n) is 5.49. The largest absolute Gasteiger partial charge is 0.507 e. The molecule has 4 heterocycles. The molecule has 0 radical (unpaired) electrons. The molecule has 0 amide bonds. The third-order valence-electron chi connectivity index (χ3n) is 7.29. The Balaban J connectivity index is 1.19. The number of benzene rings is 4. The molecule has 2 bridgehead atoms. The molecule has 6 aromatic rings. The molecule has 0 fully saturated rings. The van der Waals surface area contributed by atoms with Crippen molar-refractivity contribution in [3.05, 3.63) is 83.9 Å². The highest BCUT2D eigenvalue weighted by Crippen LogP contribution is 2.49. The number of anilines is 2. The number of rotatable bonds is 2. The summed E-state index contributed by atoms with van der Waals surface area (Å²) in [6, 6.07) is 24.2. The van der Waals surface area contributed by atoms with Gasteiger partial charge in [-0.3, -0.25) is 0 Å². The molecule has 2 aromatic heterocycles. The maximum Gasteiger partial charge on any atom is 0.132 e. The normalized spacial score (nSPS) is 14.3. The number of thiazole rings is 2. The lowest BCUT2D eigenvalue weighted by Crippen LogP contribution is -2.46. The van der Waals surface area contributed by atoms with Crippen molar-refractivity contribution < 1.29 is 10.2 Å². The maximum absolute atomic E-state index is 11.4. The molecule has 37 heavy (non-hydrogen) atoms. The first kappa shape index (κ1) is 21.0. The van der Waals surface area contributed by atoms with Crippen molar-refractivity contribution in [2.45, 2.75) is 13.1 Å². The van der Waals surface area contributed by atoms with Crippen LogP contribution in [0.1, 0.15) is 11.1 Å². The molecule has 0 aliphatic carbocycles. The quantitative estimate of drug-likeness (QED) is 0.257. The van der Waals surface area contributed by atoms with Crippen LogP contribution in [0.3, 0.4) is 0 Å². The molecule has 8 rings (SSSR count). The van der Waals surface area contributed by atoms with Gasteiger partial charge in [0.05, 0.1) is 51.3 Å². The van der Waals surface area contributed by atoms with Gasteiger partial charge in [0.1, 0.15) is 21.5 Å². The summed E-state index contributed by atoms with van der Waals surface area (Å²) < 4.78 is 2.21. The van der Waals surface area contributed by atoms with E-state index >= 15 is 0 Å². The summed E-state index contributed by atoms with van der Waals surface area (Å²) in [4.78, 5) is 13.9. The van der Waals surface area contributed by atoms with Crippen LogP contribution in [-0.4, -0.2) is 26.8 Å². The van der Waals surface area contributed by atoms with Crippen LogP contribution in [0.25, 0.3) is 41.6 Å². The highest BCUT2D eigenvalue weighted by molar-refractivity contribution is 7.22. The van der Waals surface area contributed by atoms with Gasteiger partial charge >= 0.3 is 0 Å². The number of aromatic nitrogens is 2. The van der Waals surface area contributed by atoms with Crippen molar-refractivity contribution in [2.75, 3.05) is 16.5 Å². The van der Waals surface area contributed by atoms with Crippen molar-refractivity contribution in [1.82, 2.24) is 9.97 Å². The molecule has 2 aliphatic heterocycles. The average molecular weight is 521 g/mol. The number of aromatic hydroxyl groups is 2.